The molecule has 1 aromatic carbocycles. The molecule has 0 spiro atoms. The lowest BCUT2D eigenvalue weighted by Gasteiger charge is -2.22. The van der Waals surface area contributed by atoms with Gasteiger partial charge in [0.25, 0.3) is 0 Å². The number of amides is 1. The van der Waals surface area contributed by atoms with Gasteiger partial charge in [-0.15, -0.1) is 0 Å². The van der Waals surface area contributed by atoms with Gasteiger partial charge >= 0.3 is 0 Å². The van der Waals surface area contributed by atoms with Gasteiger partial charge in [-0.3, -0.25) is 4.79 Å². The number of hydrogen-bond acceptors (Lipinski definition) is 4. The van der Waals surface area contributed by atoms with Crippen molar-refractivity contribution < 1.29 is 14.6 Å². The molecule has 4 N–H and O–H groups in total. The lowest BCUT2D eigenvalue weighted by Crippen LogP contribution is -2.43. The Balaban J connectivity index is 2.29. The smallest absolute Gasteiger partial charge is 0.224 e. The van der Waals surface area contributed by atoms with Gasteiger partial charge in [-0.2, -0.15) is 0 Å². The summed E-state index contributed by atoms with van der Waals surface area (Å²) < 4.78 is 5.55. The molecule has 0 aliphatic carbocycles. The summed E-state index contributed by atoms with van der Waals surface area (Å²) in [6.45, 7) is 6.45. The first-order valence-corrected chi connectivity index (χ1v) is 6.70. The van der Waals surface area contributed by atoms with Crippen LogP contribution in [0.3, 0.4) is 0 Å². The zero-order valence-electron chi connectivity index (χ0n) is 12.3. The van der Waals surface area contributed by atoms with E-state index >= 15 is 0 Å². The van der Waals surface area contributed by atoms with E-state index in [0.29, 0.717) is 13.1 Å². The molecule has 5 nitrogen and oxygen atoms in total. The van der Waals surface area contributed by atoms with Crippen molar-refractivity contribution in [1.29, 1.82) is 0 Å². The lowest BCUT2D eigenvalue weighted by atomic mass is 9.93. The highest BCUT2D eigenvalue weighted by Crippen LogP contribution is 2.16. The van der Waals surface area contributed by atoms with E-state index in [9.17, 15) is 9.90 Å². The molecule has 5 heteroatoms. The fourth-order valence-corrected chi connectivity index (χ4v) is 1.60. The predicted octanol–water partition coefficient (Wildman–Crippen LogP) is 0.836. The van der Waals surface area contributed by atoms with Gasteiger partial charge in [0.05, 0.1) is 5.41 Å². The Morgan fingerprint density at radius 3 is 2.70 bits per heavy atom. The summed E-state index contributed by atoms with van der Waals surface area (Å²) in [5, 5.41) is 12.9. The molecule has 1 unspecified atom stereocenters. The number of hydrogen-bond donors (Lipinski definition) is 3. The number of aliphatic hydroxyl groups is 1. The number of carbonyl (C=O) groups excluding carboxylic acids is 1. The first-order valence-electron chi connectivity index (χ1n) is 6.70. The molecule has 0 heterocycles. The second-order valence-electron chi connectivity index (χ2n) is 5.61. The highest BCUT2D eigenvalue weighted by atomic mass is 16.5. The van der Waals surface area contributed by atoms with Crippen LogP contribution in [0, 0.1) is 12.3 Å². The molecule has 0 aromatic heterocycles. The number of primary amides is 1. The Hall–Kier alpha value is -1.59. The van der Waals surface area contributed by atoms with Crippen molar-refractivity contribution in [1.82, 2.24) is 5.32 Å². The van der Waals surface area contributed by atoms with E-state index in [-0.39, 0.29) is 12.5 Å². The normalized spacial score (nSPS) is 13.0. The summed E-state index contributed by atoms with van der Waals surface area (Å²) in [6.07, 6.45) is -0.640. The van der Waals surface area contributed by atoms with E-state index in [1.165, 1.54) is 0 Å². The van der Waals surface area contributed by atoms with Crippen molar-refractivity contribution >= 4 is 5.91 Å². The van der Waals surface area contributed by atoms with Crippen LogP contribution in [0.25, 0.3) is 0 Å². The minimum atomic E-state index is -0.640. The van der Waals surface area contributed by atoms with Gasteiger partial charge in [0.2, 0.25) is 5.91 Å². The topological polar surface area (TPSA) is 84.6 Å². The van der Waals surface area contributed by atoms with Gasteiger partial charge in [-0.1, -0.05) is 18.2 Å². The standard InChI is InChI=1S/C15H24N2O3/c1-11-6-4-5-7-13(11)20-9-12(18)8-17-10-15(2,3)14(16)19/h4-7,12,17-18H,8-10H2,1-3H3,(H2,16,19). The third-order valence-electron chi connectivity index (χ3n) is 3.14. The van der Waals surface area contributed by atoms with E-state index in [1.54, 1.807) is 13.8 Å². The molecule has 0 saturated heterocycles. The zero-order chi connectivity index (χ0) is 15.2. The molecule has 0 aliphatic rings. The van der Waals surface area contributed by atoms with Crippen LogP contribution in [-0.4, -0.2) is 36.8 Å². The van der Waals surface area contributed by atoms with Gasteiger partial charge in [0.15, 0.2) is 0 Å². The van der Waals surface area contributed by atoms with Crippen molar-refractivity contribution in [3.63, 3.8) is 0 Å². The number of aliphatic hydroxyl groups excluding tert-OH is 1. The monoisotopic (exact) mass is 280 g/mol. The molecule has 1 rings (SSSR count). The van der Waals surface area contributed by atoms with Gasteiger partial charge in [-0.05, 0) is 32.4 Å². The lowest BCUT2D eigenvalue weighted by molar-refractivity contribution is -0.125. The number of nitrogens with one attached hydrogen (secondary N) is 1. The summed E-state index contributed by atoms with van der Waals surface area (Å²) in [5.74, 6) is 0.402. The summed E-state index contributed by atoms with van der Waals surface area (Å²) >= 11 is 0. The second kappa shape index (κ2) is 7.26. The van der Waals surface area contributed by atoms with Crippen molar-refractivity contribution in [2.45, 2.75) is 26.9 Å². The van der Waals surface area contributed by atoms with Crippen LogP contribution < -0.4 is 15.8 Å². The largest absolute Gasteiger partial charge is 0.491 e. The average Bonchev–Trinajstić information content (AvgIpc) is 2.37. The Morgan fingerprint density at radius 2 is 2.10 bits per heavy atom. The minimum Gasteiger partial charge on any atom is -0.491 e. The molecule has 0 radical (unpaired) electrons. The number of aryl methyl sites for hydroxylation is 1. The first-order chi connectivity index (χ1) is 9.33. The van der Waals surface area contributed by atoms with Crippen molar-refractivity contribution in [3.05, 3.63) is 29.8 Å². The Labute approximate surface area is 120 Å². The third-order valence-corrected chi connectivity index (χ3v) is 3.14. The van der Waals surface area contributed by atoms with Gasteiger partial charge in [0, 0.05) is 13.1 Å². The van der Waals surface area contributed by atoms with Crippen LogP contribution in [0.4, 0.5) is 0 Å². The Morgan fingerprint density at radius 1 is 1.45 bits per heavy atom. The highest BCUT2D eigenvalue weighted by Gasteiger charge is 2.24. The number of nitrogens with two attached hydrogens (primary N) is 1. The molecule has 20 heavy (non-hydrogen) atoms. The van der Waals surface area contributed by atoms with E-state index in [2.05, 4.69) is 5.32 Å². The van der Waals surface area contributed by atoms with E-state index in [1.807, 2.05) is 31.2 Å². The number of ether oxygens (including phenoxy) is 1. The van der Waals surface area contributed by atoms with Gasteiger partial charge < -0.3 is 20.9 Å². The van der Waals surface area contributed by atoms with Gasteiger partial charge in [0.1, 0.15) is 18.5 Å². The van der Waals surface area contributed by atoms with Crippen LogP contribution in [0.2, 0.25) is 0 Å². The maximum atomic E-state index is 11.1. The molecular formula is C15H24N2O3. The van der Waals surface area contributed by atoms with E-state index in [4.69, 9.17) is 10.5 Å². The number of carbonyl (C=O) groups is 1. The predicted molar refractivity (Wildman–Crippen MR) is 78.5 cm³/mol. The first kappa shape index (κ1) is 16.5. The van der Waals surface area contributed by atoms with E-state index < -0.39 is 11.5 Å². The molecule has 1 aromatic rings. The third kappa shape index (κ3) is 5.19. The van der Waals surface area contributed by atoms with Crippen LogP contribution in [0.5, 0.6) is 5.75 Å². The van der Waals surface area contributed by atoms with E-state index in [0.717, 1.165) is 11.3 Å². The molecule has 112 valence electrons. The number of benzene rings is 1. The molecule has 0 saturated carbocycles. The fraction of sp³-hybridized carbons (Fsp3) is 0.533. The second-order valence-corrected chi connectivity index (χ2v) is 5.61. The summed E-state index contributed by atoms with van der Waals surface area (Å²) in [4.78, 5) is 11.1. The van der Waals surface area contributed by atoms with Gasteiger partial charge in [-0.25, -0.2) is 0 Å². The summed E-state index contributed by atoms with van der Waals surface area (Å²) in [5.41, 5.74) is 5.67. The summed E-state index contributed by atoms with van der Waals surface area (Å²) in [6, 6.07) is 7.65. The Kier molecular flexibility index (Phi) is 5.98. The SMILES string of the molecule is Cc1ccccc1OCC(O)CNCC(C)(C)C(N)=O. The number of para-hydroxylation sites is 1. The zero-order valence-corrected chi connectivity index (χ0v) is 12.3. The fourth-order valence-electron chi connectivity index (χ4n) is 1.60. The van der Waals surface area contributed by atoms with Crippen LogP contribution in [-0.2, 0) is 4.79 Å². The number of rotatable bonds is 8. The average molecular weight is 280 g/mol. The molecule has 1 atom stereocenters. The van der Waals surface area contributed by atoms with Crippen molar-refractivity contribution in [2.75, 3.05) is 19.7 Å². The molecule has 0 aliphatic heterocycles. The molecule has 1 amide bonds. The van der Waals surface area contributed by atoms with Crippen LogP contribution in [0.15, 0.2) is 24.3 Å². The quantitative estimate of drug-likeness (QED) is 0.658. The maximum Gasteiger partial charge on any atom is 0.224 e. The van der Waals surface area contributed by atoms with Crippen LogP contribution in [0.1, 0.15) is 19.4 Å². The Bertz CT molecular complexity index is 446. The van der Waals surface area contributed by atoms with Crippen molar-refractivity contribution in [2.24, 2.45) is 11.1 Å². The van der Waals surface area contributed by atoms with Crippen LogP contribution >= 0.6 is 0 Å². The summed E-state index contributed by atoms with van der Waals surface area (Å²) in [7, 11) is 0. The maximum absolute atomic E-state index is 11.1. The minimum absolute atomic E-state index is 0.203. The molecule has 0 bridgehead atoms. The molecular weight excluding hydrogens is 256 g/mol. The van der Waals surface area contributed by atoms with Crippen molar-refractivity contribution in [3.8, 4) is 5.75 Å². The highest BCUT2D eigenvalue weighted by molar-refractivity contribution is 5.80. The molecule has 0 fully saturated rings.